The highest BCUT2D eigenvalue weighted by atomic mass is 19.1. The Morgan fingerprint density at radius 3 is 2.42 bits per heavy atom. The lowest BCUT2D eigenvalue weighted by atomic mass is 10.0. The zero-order valence-electron chi connectivity index (χ0n) is 16.8. The molecule has 0 unspecified atom stereocenters. The molecule has 0 saturated carbocycles. The van der Waals surface area contributed by atoms with Crippen LogP contribution in [0.4, 0.5) is 10.2 Å². The number of rotatable bonds is 4. The molecule has 1 aliphatic rings. The van der Waals surface area contributed by atoms with Crippen LogP contribution in [0.1, 0.15) is 23.2 Å². The summed E-state index contributed by atoms with van der Waals surface area (Å²) in [5.41, 5.74) is 2.13. The van der Waals surface area contributed by atoms with Gasteiger partial charge in [0.25, 0.3) is 5.91 Å². The van der Waals surface area contributed by atoms with Gasteiger partial charge in [0.05, 0.1) is 0 Å². The number of aromatic nitrogens is 4. The first-order valence-corrected chi connectivity index (χ1v) is 10.3. The maximum absolute atomic E-state index is 13.1. The van der Waals surface area contributed by atoms with E-state index < -0.39 is 0 Å². The first-order valence-electron chi connectivity index (χ1n) is 10.3. The SMILES string of the molecule is O=C(NC1CCN(c2ccc3nnc(-c4ccccc4)n3n2)CC1)c1ccc(F)cc1. The summed E-state index contributed by atoms with van der Waals surface area (Å²) in [5, 5.41) is 16.3. The number of anilines is 1. The lowest BCUT2D eigenvalue weighted by molar-refractivity contribution is 0.0931. The number of amides is 1. The van der Waals surface area contributed by atoms with Crippen molar-refractivity contribution in [3.05, 3.63) is 78.1 Å². The fraction of sp³-hybridized carbons (Fsp3) is 0.217. The lowest BCUT2D eigenvalue weighted by Crippen LogP contribution is -2.45. The number of benzene rings is 2. The average molecular weight is 416 g/mol. The van der Waals surface area contributed by atoms with Crippen molar-refractivity contribution >= 4 is 17.4 Å². The van der Waals surface area contributed by atoms with E-state index in [9.17, 15) is 9.18 Å². The standard InChI is InChI=1S/C23H21FN6O/c24-18-8-6-17(7-9-18)23(31)25-19-12-14-29(15-13-19)21-11-10-20-26-27-22(30(20)28-21)16-4-2-1-3-5-16/h1-11,19H,12-15H2,(H,25,31). The number of fused-ring (bicyclic) bond motifs is 1. The van der Waals surface area contributed by atoms with Crippen LogP contribution < -0.4 is 10.2 Å². The molecule has 0 bridgehead atoms. The van der Waals surface area contributed by atoms with E-state index >= 15 is 0 Å². The molecule has 1 aliphatic heterocycles. The monoisotopic (exact) mass is 416 g/mol. The quantitative estimate of drug-likeness (QED) is 0.552. The average Bonchev–Trinajstić information content (AvgIpc) is 3.24. The van der Waals surface area contributed by atoms with Crippen molar-refractivity contribution in [3.63, 3.8) is 0 Å². The third-order valence-corrected chi connectivity index (χ3v) is 5.54. The number of carbonyl (C=O) groups is 1. The summed E-state index contributed by atoms with van der Waals surface area (Å²) in [5.74, 6) is 1.04. The second kappa shape index (κ2) is 8.14. The van der Waals surface area contributed by atoms with Crippen LogP contribution in [0.2, 0.25) is 0 Å². The highest BCUT2D eigenvalue weighted by molar-refractivity contribution is 5.94. The van der Waals surface area contributed by atoms with E-state index in [-0.39, 0.29) is 17.8 Å². The minimum absolute atomic E-state index is 0.0762. The molecule has 1 amide bonds. The Kier molecular flexibility index (Phi) is 5.03. The zero-order valence-corrected chi connectivity index (χ0v) is 16.8. The van der Waals surface area contributed by atoms with Gasteiger partial charge in [-0.05, 0) is 49.2 Å². The molecule has 1 saturated heterocycles. The normalized spacial score (nSPS) is 14.7. The van der Waals surface area contributed by atoms with E-state index in [2.05, 4.69) is 20.4 Å². The molecule has 0 atom stereocenters. The van der Waals surface area contributed by atoms with Gasteiger partial charge in [-0.25, -0.2) is 4.39 Å². The molecule has 1 N–H and O–H groups in total. The number of nitrogens with one attached hydrogen (secondary N) is 1. The van der Waals surface area contributed by atoms with E-state index in [1.54, 1.807) is 4.52 Å². The van der Waals surface area contributed by atoms with Crippen molar-refractivity contribution in [3.8, 4) is 11.4 Å². The molecule has 31 heavy (non-hydrogen) atoms. The van der Waals surface area contributed by atoms with E-state index in [1.807, 2.05) is 42.5 Å². The molecule has 8 heteroatoms. The van der Waals surface area contributed by atoms with E-state index in [4.69, 9.17) is 5.10 Å². The van der Waals surface area contributed by atoms with Gasteiger partial charge in [0.1, 0.15) is 11.6 Å². The Morgan fingerprint density at radius 1 is 0.935 bits per heavy atom. The van der Waals surface area contributed by atoms with Gasteiger partial charge in [-0.2, -0.15) is 4.52 Å². The highest BCUT2D eigenvalue weighted by Gasteiger charge is 2.23. The smallest absolute Gasteiger partial charge is 0.251 e. The predicted octanol–water partition coefficient (Wildman–Crippen LogP) is 3.33. The van der Waals surface area contributed by atoms with Crippen LogP contribution in [0, 0.1) is 5.82 Å². The van der Waals surface area contributed by atoms with Crippen LogP contribution in [-0.2, 0) is 0 Å². The van der Waals surface area contributed by atoms with Crippen LogP contribution in [0.3, 0.4) is 0 Å². The predicted molar refractivity (Wildman–Crippen MR) is 115 cm³/mol. The molecular formula is C23H21FN6O. The van der Waals surface area contributed by atoms with Crippen molar-refractivity contribution in [1.29, 1.82) is 0 Å². The minimum Gasteiger partial charge on any atom is -0.355 e. The minimum atomic E-state index is -0.349. The van der Waals surface area contributed by atoms with E-state index in [1.165, 1.54) is 24.3 Å². The second-order valence-electron chi connectivity index (χ2n) is 7.59. The van der Waals surface area contributed by atoms with Gasteiger partial charge < -0.3 is 10.2 Å². The Bertz CT molecular complexity index is 1200. The summed E-state index contributed by atoms with van der Waals surface area (Å²) >= 11 is 0. The fourth-order valence-electron chi connectivity index (χ4n) is 3.84. The topological polar surface area (TPSA) is 75.4 Å². The molecule has 5 rings (SSSR count). The Morgan fingerprint density at radius 2 is 1.68 bits per heavy atom. The molecule has 7 nitrogen and oxygen atoms in total. The molecule has 0 spiro atoms. The Labute approximate surface area is 178 Å². The largest absolute Gasteiger partial charge is 0.355 e. The van der Waals surface area contributed by atoms with Gasteiger partial charge in [-0.1, -0.05) is 30.3 Å². The molecule has 1 fully saturated rings. The number of hydrogen-bond donors (Lipinski definition) is 1. The van der Waals surface area contributed by atoms with Gasteiger partial charge in [-0.15, -0.1) is 15.3 Å². The second-order valence-corrected chi connectivity index (χ2v) is 7.59. The summed E-state index contributed by atoms with van der Waals surface area (Å²) in [6.45, 7) is 1.55. The van der Waals surface area contributed by atoms with Gasteiger partial charge in [0.2, 0.25) is 0 Å². The van der Waals surface area contributed by atoms with Crippen LogP contribution >= 0.6 is 0 Å². The number of hydrogen-bond acceptors (Lipinski definition) is 5. The van der Waals surface area contributed by atoms with E-state index in [0.29, 0.717) is 17.0 Å². The highest BCUT2D eigenvalue weighted by Crippen LogP contribution is 2.22. The molecule has 0 radical (unpaired) electrons. The number of halogens is 1. The van der Waals surface area contributed by atoms with Crippen molar-refractivity contribution < 1.29 is 9.18 Å². The first kappa shape index (κ1) is 19.2. The lowest BCUT2D eigenvalue weighted by Gasteiger charge is -2.33. The summed E-state index contributed by atoms with van der Waals surface area (Å²) in [4.78, 5) is 14.6. The maximum atomic E-state index is 13.1. The number of nitrogens with zero attached hydrogens (tertiary/aromatic N) is 5. The maximum Gasteiger partial charge on any atom is 0.251 e. The number of piperidine rings is 1. The molecule has 2 aromatic heterocycles. The van der Waals surface area contributed by atoms with Crippen LogP contribution in [0.25, 0.3) is 17.0 Å². The van der Waals surface area contributed by atoms with Gasteiger partial charge >= 0.3 is 0 Å². The molecule has 2 aromatic carbocycles. The molecule has 4 aromatic rings. The Balaban J connectivity index is 1.27. The molecule has 156 valence electrons. The van der Waals surface area contributed by atoms with E-state index in [0.717, 1.165) is 37.3 Å². The summed E-state index contributed by atoms with van der Waals surface area (Å²) < 4.78 is 14.8. The summed E-state index contributed by atoms with van der Waals surface area (Å²) in [6.07, 6.45) is 1.61. The Hall–Kier alpha value is -3.81. The molecule has 3 heterocycles. The van der Waals surface area contributed by atoms with Crippen LogP contribution in [0.5, 0.6) is 0 Å². The van der Waals surface area contributed by atoms with Crippen LogP contribution in [0.15, 0.2) is 66.7 Å². The fourth-order valence-corrected chi connectivity index (χ4v) is 3.84. The van der Waals surface area contributed by atoms with Crippen LogP contribution in [-0.4, -0.2) is 44.8 Å². The van der Waals surface area contributed by atoms with Crippen molar-refractivity contribution in [2.24, 2.45) is 0 Å². The van der Waals surface area contributed by atoms with Gasteiger partial charge in [-0.3, -0.25) is 4.79 Å². The summed E-state index contributed by atoms with van der Waals surface area (Å²) in [6, 6.07) is 19.4. The zero-order chi connectivity index (χ0) is 21.2. The van der Waals surface area contributed by atoms with Crippen molar-refractivity contribution in [2.45, 2.75) is 18.9 Å². The first-order chi connectivity index (χ1) is 15.2. The third kappa shape index (κ3) is 3.96. The van der Waals surface area contributed by atoms with Gasteiger partial charge in [0.15, 0.2) is 11.5 Å². The summed E-state index contributed by atoms with van der Waals surface area (Å²) in [7, 11) is 0. The van der Waals surface area contributed by atoms with Crippen molar-refractivity contribution in [2.75, 3.05) is 18.0 Å². The van der Waals surface area contributed by atoms with Crippen molar-refractivity contribution in [1.82, 2.24) is 25.1 Å². The van der Waals surface area contributed by atoms with Gasteiger partial charge in [0, 0.05) is 30.3 Å². The number of carbonyl (C=O) groups excluding carboxylic acids is 1. The molecular weight excluding hydrogens is 395 g/mol. The third-order valence-electron chi connectivity index (χ3n) is 5.54. The molecule has 0 aliphatic carbocycles.